The number of aliphatic imine (C=N–C) groups is 1. The Bertz CT molecular complexity index is 1320. The Morgan fingerprint density at radius 2 is 1.83 bits per heavy atom. The second-order valence-corrected chi connectivity index (χ2v) is 9.80. The van der Waals surface area contributed by atoms with Gasteiger partial charge in [0.15, 0.2) is 0 Å². The number of hydrogen-bond acceptors (Lipinski definition) is 6. The molecular weight excluding hydrogens is 491 g/mol. The highest BCUT2D eigenvalue weighted by Crippen LogP contribution is 2.32. The number of anilines is 1. The summed E-state index contributed by atoms with van der Waals surface area (Å²) in [6.07, 6.45) is 2.12. The lowest BCUT2D eigenvalue weighted by atomic mass is 9.99. The largest absolute Gasteiger partial charge is 0.416 e. The van der Waals surface area contributed by atoms with Crippen molar-refractivity contribution in [1.82, 2.24) is 9.71 Å². The number of nitrogens with one attached hydrogen (secondary N) is 2. The van der Waals surface area contributed by atoms with E-state index in [9.17, 15) is 21.6 Å². The standard InChI is InChI=1S/C25H26F3N5O2S/c1-30-36(34,35)14-13-33-24-9-6-20(19-4-7-21(8-5-19)25(26,27)28)15-22(24)23(29)10-12-32-17-18-3-2-11-31-16-18/h2-12,15-16,30,33H,13-14,17,29H2,1H3/b23-10-,32-12?. The van der Waals surface area contributed by atoms with Crippen molar-refractivity contribution < 1.29 is 21.6 Å². The lowest BCUT2D eigenvalue weighted by Gasteiger charge is -2.15. The fourth-order valence-corrected chi connectivity index (χ4v) is 3.84. The summed E-state index contributed by atoms with van der Waals surface area (Å²) >= 11 is 0. The number of allylic oxidation sites excluding steroid dienone is 1. The Kier molecular flexibility index (Phi) is 8.83. The highest BCUT2D eigenvalue weighted by molar-refractivity contribution is 7.89. The van der Waals surface area contributed by atoms with Crippen LogP contribution >= 0.6 is 0 Å². The number of sulfonamides is 1. The summed E-state index contributed by atoms with van der Waals surface area (Å²) in [5.74, 6) is -0.153. The van der Waals surface area contributed by atoms with E-state index in [4.69, 9.17) is 5.73 Å². The zero-order valence-electron chi connectivity index (χ0n) is 19.5. The highest BCUT2D eigenvalue weighted by Gasteiger charge is 2.30. The average molecular weight is 518 g/mol. The minimum atomic E-state index is -4.42. The molecule has 0 aliphatic rings. The smallest absolute Gasteiger partial charge is 0.398 e. The van der Waals surface area contributed by atoms with Gasteiger partial charge in [0.2, 0.25) is 10.0 Å². The normalized spacial score (nSPS) is 12.7. The molecule has 190 valence electrons. The average Bonchev–Trinajstić information content (AvgIpc) is 2.87. The fraction of sp³-hybridized carbons (Fsp3) is 0.200. The molecule has 0 spiro atoms. The Balaban J connectivity index is 1.88. The van der Waals surface area contributed by atoms with Crippen molar-refractivity contribution >= 4 is 27.6 Å². The van der Waals surface area contributed by atoms with Gasteiger partial charge in [-0.05, 0) is 60.1 Å². The van der Waals surface area contributed by atoms with E-state index in [1.165, 1.54) is 19.2 Å². The zero-order valence-corrected chi connectivity index (χ0v) is 20.3. The van der Waals surface area contributed by atoms with Crippen LogP contribution in [0.25, 0.3) is 16.8 Å². The molecular formula is C25H26F3N5O2S. The van der Waals surface area contributed by atoms with Crippen molar-refractivity contribution in [3.8, 4) is 11.1 Å². The van der Waals surface area contributed by atoms with Gasteiger partial charge in [-0.15, -0.1) is 0 Å². The lowest BCUT2D eigenvalue weighted by molar-refractivity contribution is -0.137. The molecule has 0 aliphatic heterocycles. The van der Waals surface area contributed by atoms with Crippen LogP contribution in [0.3, 0.4) is 0 Å². The third-order valence-electron chi connectivity index (χ3n) is 5.23. The van der Waals surface area contributed by atoms with Crippen LogP contribution in [-0.2, 0) is 22.7 Å². The Hall–Kier alpha value is -3.70. The maximum Gasteiger partial charge on any atom is 0.416 e. The Morgan fingerprint density at radius 3 is 2.47 bits per heavy atom. The summed E-state index contributed by atoms with van der Waals surface area (Å²) in [5, 5.41) is 3.07. The second-order valence-electron chi connectivity index (χ2n) is 7.76. The molecule has 0 amide bonds. The number of hydrogen-bond donors (Lipinski definition) is 3. The predicted octanol–water partition coefficient (Wildman–Crippen LogP) is 4.30. The molecule has 11 heteroatoms. The molecule has 1 heterocycles. The first kappa shape index (κ1) is 26.9. The molecule has 0 aliphatic carbocycles. The predicted molar refractivity (Wildman–Crippen MR) is 137 cm³/mol. The molecule has 3 rings (SSSR count). The van der Waals surface area contributed by atoms with Crippen molar-refractivity contribution in [2.45, 2.75) is 12.7 Å². The van der Waals surface area contributed by atoms with E-state index in [-0.39, 0.29) is 12.3 Å². The number of pyridine rings is 1. The summed E-state index contributed by atoms with van der Waals surface area (Å²) < 4.78 is 64.5. The van der Waals surface area contributed by atoms with Crippen LogP contribution in [0.1, 0.15) is 16.7 Å². The maximum atomic E-state index is 12.9. The molecule has 0 saturated carbocycles. The van der Waals surface area contributed by atoms with Crippen molar-refractivity contribution in [3.05, 3.63) is 89.8 Å². The molecule has 0 unspecified atom stereocenters. The van der Waals surface area contributed by atoms with Gasteiger partial charge in [-0.25, -0.2) is 13.1 Å². The van der Waals surface area contributed by atoms with E-state index in [1.807, 2.05) is 12.1 Å². The molecule has 0 bridgehead atoms. The van der Waals surface area contributed by atoms with Crippen LogP contribution in [0.15, 0.2) is 78.1 Å². The molecule has 2 aromatic carbocycles. The molecule has 1 aromatic heterocycles. The fourth-order valence-electron chi connectivity index (χ4n) is 3.26. The topological polar surface area (TPSA) is 109 Å². The third-order valence-corrected chi connectivity index (χ3v) is 6.59. The van der Waals surface area contributed by atoms with Gasteiger partial charge in [-0.2, -0.15) is 13.2 Å². The van der Waals surface area contributed by atoms with E-state index in [1.54, 1.807) is 42.9 Å². The summed E-state index contributed by atoms with van der Waals surface area (Å²) in [4.78, 5) is 8.35. The summed E-state index contributed by atoms with van der Waals surface area (Å²) in [6, 6.07) is 13.7. The van der Waals surface area contributed by atoms with E-state index in [0.717, 1.165) is 17.7 Å². The van der Waals surface area contributed by atoms with Crippen LogP contribution < -0.4 is 15.8 Å². The molecule has 0 radical (unpaired) electrons. The number of benzene rings is 2. The van der Waals surface area contributed by atoms with Gasteiger partial charge in [0.05, 0.1) is 17.9 Å². The first-order chi connectivity index (χ1) is 17.1. The van der Waals surface area contributed by atoms with Gasteiger partial charge >= 0.3 is 6.18 Å². The minimum Gasteiger partial charge on any atom is -0.398 e. The minimum absolute atomic E-state index is 0.123. The number of nitrogens with two attached hydrogens (primary N) is 1. The van der Waals surface area contributed by atoms with Gasteiger partial charge < -0.3 is 11.1 Å². The van der Waals surface area contributed by atoms with Crippen LogP contribution in [0, 0.1) is 0 Å². The van der Waals surface area contributed by atoms with Crippen molar-refractivity contribution in [2.75, 3.05) is 24.7 Å². The van der Waals surface area contributed by atoms with Crippen molar-refractivity contribution in [2.24, 2.45) is 10.7 Å². The molecule has 7 nitrogen and oxygen atoms in total. The van der Waals surface area contributed by atoms with E-state index in [2.05, 4.69) is 20.0 Å². The van der Waals surface area contributed by atoms with E-state index < -0.39 is 21.8 Å². The lowest BCUT2D eigenvalue weighted by Crippen LogP contribution is -2.26. The number of nitrogens with zero attached hydrogens (tertiary/aromatic N) is 2. The second kappa shape index (κ2) is 11.8. The van der Waals surface area contributed by atoms with E-state index in [0.29, 0.717) is 34.6 Å². The first-order valence-electron chi connectivity index (χ1n) is 10.9. The van der Waals surface area contributed by atoms with Crippen LogP contribution in [0.5, 0.6) is 0 Å². The number of aromatic nitrogens is 1. The summed E-state index contributed by atoms with van der Waals surface area (Å²) in [7, 11) is -2.07. The van der Waals surface area contributed by atoms with Gasteiger partial charge in [0.25, 0.3) is 0 Å². The third kappa shape index (κ3) is 7.65. The molecule has 0 saturated heterocycles. The van der Waals surface area contributed by atoms with Crippen LogP contribution in [-0.4, -0.2) is 39.0 Å². The first-order valence-corrected chi connectivity index (χ1v) is 12.6. The maximum absolute atomic E-state index is 12.9. The van der Waals surface area contributed by atoms with Crippen molar-refractivity contribution in [3.63, 3.8) is 0 Å². The van der Waals surface area contributed by atoms with Crippen LogP contribution in [0.4, 0.5) is 18.9 Å². The number of halogens is 3. The number of rotatable bonds is 10. The zero-order chi connectivity index (χ0) is 26.2. The van der Waals surface area contributed by atoms with E-state index >= 15 is 0 Å². The molecule has 4 N–H and O–H groups in total. The quantitative estimate of drug-likeness (QED) is 0.348. The molecule has 0 atom stereocenters. The Labute approximate surface area is 208 Å². The Morgan fingerprint density at radius 1 is 1.11 bits per heavy atom. The number of alkyl halides is 3. The summed E-state index contributed by atoms with van der Waals surface area (Å²) in [6.45, 7) is 0.536. The van der Waals surface area contributed by atoms with Gasteiger partial charge in [0, 0.05) is 42.1 Å². The van der Waals surface area contributed by atoms with Gasteiger partial charge in [-0.3, -0.25) is 9.98 Å². The van der Waals surface area contributed by atoms with Gasteiger partial charge in [0.1, 0.15) is 0 Å². The molecule has 36 heavy (non-hydrogen) atoms. The molecule has 3 aromatic rings. The van der Waals surface area contributed by atoms with Crippen molar-refractivity contribution in [1.29, 1.82) is 0 Å². The highest BCUT2D eigenvalue weighted by atomic mass is 32.2. The SMILES string of the molecule is CNS(=O)(=O)CCNc1ccc(-c2ccc(C(F)(F)F)cc2)cc1/C(N)=C/C=NCc1cccnc1. The van der Waals surface area contributed by atoms with Gasteiger partial charge in [-0.1, -0.05) is 24.3 Å². The summed E-state index contributed by atoms with van der Waals surface area (Å²) in [5.41, 5.74) is 9.22. The van der Waals surface area contributed by atoms with Crippen LogP contribution in [0.2, 0.25) is 0 Å². The monoisotopic (exact) mass is 517 g/mol. The molecule has 0 fully saturated rings.